The van der Waals surface area contributed by atoms with E-state index >= 15 is 0 Å². The highest BCUT2D eigenvalue weighted by molar-refractivity contribution is 6.30. The van der Waals surface area contributed by atoms with Crippen LogP contribution in [0.5, 0.6) is 0 Å². The van der Waals surface area contributed by atoms with Gasteiger partial charge in [-0.05, 0) is 32.2 Å². The first-order valence-corrected chi connectivity index (χ1v) is 6.87. The molecule has 0 aliphatic heterocycles. The van der Waals surface area contributed by atoms with Gasteiger partial charge < -0.3 is 9.15 Å². The molecule has 0 unspecified atom stereocenters. The maximum Gasteiger partial charge on any atom is 0.226 e. The Hall–Kier alpha value is -1.36. The summed E-state index contributed by atoms with van der Waals surface area (Å²) < 4.78 is 10.8. The van der Waals surface area contributed by atoms with Crippen LogP contribution in [0.2, 0.25) is 5.02 Å². The Morgan fingerprint density at radius 3 is 2.90 bits per heavy atom. The van der Waals surface area contributed by atoms with Crippen LogP contribution < -0.4 is 0 Å². The van der Waals surface area contributed by atoms with Crippen LogP contribution in [0.25, 0.3) is 11.5 Å². The van der Waals surface area contributed by atoms with E-state index in [9.17, 15) is 0 Å². The summed E-state index contributed by atoms with van der Waals surface area (Å²) in [5.74, 6) is 1.45. The lowest BCUT2D eigenvalue weighted by atomic mass is 10.2. The number of nitrogens with zero attached hydrogens (tertiary/aromatic N) is 2. The van der Waals surface area contributed by atoms with Crippen molar-refractivity contribution in [2.45, 2.75) is 13.5 Å². The normalized spacial score (nSPS) is 11.2. The lowest BCUT2D eigenvalue weighted by Gasteiger charge is -2.14. The molecule has 0 N–H and O–H groups in total. The van der Waals surface area contributed by atoms with E-state index in [0.29, 0.717) is 17.5 Å². The number of hydrogen-bond donors (Lipinski definition) is 0. The third-order valence-electron chi connectivity index (χ3n) is 3.06. The van der Waals surface area contributed by atoms with E-state index in [0.717, 1.165) is 30.1 Å². The van der Waals surface area contributed by atoms with Crippen molar-refractivity contribution in [1.29, 1.82) is 0 Å². The molecule has 2 aromatic rings. The second-order valence-corrected chi connectivity index (χ2v) is 5.20. The Labute approximate surface area is 124 Å². The van der Waals surface area contributed by atoms with Gasteiger partial charge in [-0.15, -0.1) is 0 Å². The second kappa shape index (κ2) is 6.88. The molecule has 0 bridgehead atoms. The largest absolute Gasteiger partial charge is 0.441 e. The molecule has 20 heavy (non-hydrogen) atoms. The van der Waals surface area contributed by atoms with Crippen LogP contribution in [0.15, 0.2) is 28.7 Å². The number of aromatic nitrogens is 1. The highest BCUT2D eigenvalue weighted by atomic mass is 35.5. The van der Waals surface area contributed by atoms with Crippen molar-refractivity contribution in [1.82, 2.24) is 9.88 Å². The van der Waals surface area contributed by atoms with E-state index in [1.54, 1.807) is 7.11 Å². The number of ether oxygens (including phenoxy) is 1. The summed E-state index contributed by atoms with van der Waals surface area (Å²) in [6.45, 7) is 4.23. The molecule has 5 heteroatoms. The van der Waals surface area contributed by atoms with E-state index in [-0.39, 0.29) is 0 Å². The van der Waals surface area contributed by atoms with Crippen LogP contribution in [0.3, 0.4) is 0 Å². The molecular weight excluding hydrogens is 276 g/mol. The maximum atomic E-state index is 5.99. The van der Waals surface area contributed by atoms with Crippen molar-refractivity contribution < 1.29 is 9.15 Å². The SMILES string of the molecule is COCCN(C)Cc1nc(-c2cccc(Cl)c2)oc1C. The standard InChI is InChI=1S/C15H19ClN2O2/c1-11-14(10-18(2)7-8-19-3)17-15(20-11)12-5-4-6-13(16)9-12/h4-6,9H,7-8,10H2,1-3H3. The van der Waals surface area contributed by atoms with Crippen molar-refractivity contribution in [2.75, 3.05) is 27.3 Å². The monoisotopic (exact) mass is 294 g/mol. The van der Waals surface area contributed by atoms with Crippen molar-refractivity contribution in [3.63, 3.8) is 0 Å². The van der Waals surface area contributed by atoms with Crippen LogP contribution >= 0.6 is 11.6 Å². The number of methoxy groups -OCH3 is 1. The first-order chi connectivity index (χ1) is 9.60. The molecule has 108 valence electrons. The molecule has 1 aromatic carbocycles. The Morgan fingerprint density at radius 2 is 2.20 bits per heavy atom. The lowest BCUT2D eigenvalue weighted by Crippen LogP contribution is -2.22. The molecule has 0 saturated heterocycles. The fraction of sp³-hybridized carbons (Fsp3) is 0.400. The van der Waals surface area contributed by atoms with E-state index in [1.807, 2.05) is 38.2 Å². The quantitative estimate of drug-likeness (QED) is 0.818. The van der Waals surface area contributed by atoms with Gasteiger partial charge in [0.2, 0.25) is 5.89 Å². The summed E-state index contributed by atoms with van der Waals surface area (Å²) in [6, 6.07) is 7.52. The van der Waals surface area contributed by atoms with Gasteiger partial charge in [-0.3, -0.25) is 4.90 Å². The number of aryl methyl sites for hydroxylation is 1. The average Bonchev–Trinajstić information content (AvgIpc) is 2.78. The van der Waals surface area contributed by atoms with E-state index in [2.05, 4.69) is 9.88 Å². The molecule has 0 atom stereocenters. The van der Waals surface area contributed by atoms with Gasteiger partial charge in [-0.2, -0.15) is 0 Å². The minimum absolute atomic E-state index is 0.611. The van der Waals surface area contributed by atoms with Crippen LogP contribution in [-0.4, -0.2) is 37.2 Å². The molecule has 0 saturated carbocycles. The molecule has 0 aliphatic rings. The molecule has 4 nitrogen and oxygen atoms in total. The third kappa shape index (κ3) is 3.82. The van der Waals surface area contributed by atoms with Gasteiger partial charge >= 0.3 is 0 Å². The second-order valence-electron chi connectivity index (χ2n) is 4.76. The Bertz CT molecular complexity index is 569. The fourth-order valence-corrected chi connectivity index (χ4v) is 2.09. The molecule has 0 radical (unpaired) electrons. The van der Waals surface area contributed by atoms with Gasteiger partial charge in [0.25, 0.3) is 0 Å². The highest BCUT2D eigenvalue weighted by Gasteiger charge is 2.13. The van der Waals surface area contributed by atoms with Gasteiger partial charge in [0.05, 0.1) is 12.3 Å². The zero-order valence-electron chi connectivity index (χ0n) is 12.0. The number of benzene rings is 1. The number of halogens is 1. The maximum absolute atomic E-state index is 5.99. The predicted molar refractivity (Wildman–Crippen MR) is 79.9 cm³/mol. The smallest absolute Gasteiger partial charge is 0.226 e. The van der Waals surface area contributed by atoms with Gasteiger partial charge in [0.1, 0.15) is 5.76 Å². The topological polar surface area (TPSA) is 38.5 Å². The Morgan fingerprint density at radius 1 is 1.40 bits per heavy atom. The molecule has 0 aliphatic carbocycles. The Balaban J connectivity index is 2.13. The van der Waals surface area contributed by atoms with Crippen molar-refractivity contribution in [3.05, 3.63) is 40.7 Å². The summed E-state index contributed by atoms with van der Waals surface area (Å²) in [4.78, 5) is 6.71. The van der Waals surface area contributed by atoms with Crippen molar-refractivity contribution >= 4 is 11.6 Å². The predicted octanol–water partition coefficient (Wildman–Crippen LogP) is 3.38. The van der Waals surface area contributed by atoms with E-state index in [1.165, 1.54) is 0 Å². The average molecular weight is 295 g/mol. The van der Waals surface area contributed by atoms with E-state index in [4.69, 9.17) is 20.8 Å². The molecule has 0 amide bonds. The van der Waals surface area contributed by atoms with Gasteiger partial charge in [0, 0.05) is 30.8 Å². The van der Waals surface area contributed by atoms with Crippen LogP contribution in [0.4, 0.5) is 0 Å². The van der Waals surface area contributed by atoms with Crippen LogP contribution in [0.1, 0.15) is 11.5 Å². The molecule has 2 rings (SSSR count). The van der Waals surface area contributed by atoms with Crippen molar-refractivity contribution in [3.8, 4) is 11.5 Å². The number of oxazole rings is 1. The third-order valence-corrected chi connectivity index (χ3v) is 3.30. The van der Waals surface area contributed by atoms with E-state index < -0.39 is 0 Å². The molecule has 1 heterocycles. The molecule has 0 spiro atoms. The van der Waals surface area contributed by atoms with Gasteiger partial charge in [-0.1, -0.05) is 17.7 Å². The minimum Gasteiger partial charge on any atom is -0.441 e. The minimum atomic E-state index is 0.611. The van der Waals surface area contributed by atoms with Crippen LogP contribution in [0, 0.1) is 6.92 Å². The van der Waals surface area contributed by atoms with Gasteiger partial charge in [0.15, 0.2) is 0 Å². The summed E-state index contributed by atoms with van der Waals surface area (Å²) in [6.07, 6.45) is 0. The lowest BCUT2D eigenvalue weighted by molar-refractivity contribution is 0.158. The number of likely N-dealkylation sites (N-methyl/N-ethyl adjacent to an activating group) is 1. The highest BCUT2D eigenvalue weighted by Crippen LogP contribution is 2.24. The first-order valence-electron chi connectivity index (χ1n) is 6.50. The fourth-order valence-electron chi connectivity index (χ4n) is 1.90. The molecule has 1 aromatic heterocycles. The van der Waals surface area contributed by atoms with Crippen LogP contribution in [-0.2, 0) is 11.3 Å². The number of hydrogen-bond acceptors (Lipinski definition) is 4. The summed E-state index contributed by atoms with van der Waals surface area (Å²) in [5.41, 5.74) is 1.84. The summed E-state index contributed by atoms with van der Waals surface area (Å²) >= 11 is 5.99. The zero-order chi connectivity index (χ0) is 14.5. The van der Waals surface area contributed by atoms with Crippen molar-refractivity contribution in [2.24, 2.45) is 0 Å². The van der Waals surface area contributed by atoms with Gasteiger partial charge in [-0.25, -0.2) is 4.98 Å². The zero-order valence-corrected chi connectivity index (χ0v) is 12.8. The molecular formula is C15H19ClN2O2. The Kier molecular flexibility index (Phi) is 5.17. The number of rotatable bonds is 6. The first kappa shape index (κ1) is 15.0. The summed E-state index contributed by atoms with van der Waals surface area (Å²) in [5, 5.41) is 0.678. The molecule has 0 fully saturated rings. The summed E-state index contributed by atoms with van der Waals surface area (Å²) in [7, 11) is 3.73.